The van der Waals surface area contributed by atoms with Gasteiger partial charge in [0.1, 0.15) is 23.1 Å². The monoisotopic (exact) mass is 547 g/mol. The number of carbonyl (C=O) groups is 1. The molecule has 3 aromatic rings. The molecule has 0 spiro atoms. The van der Waals surface area contributed by atoms with Crippen LogP contribution in [-0.2, 0) is 0 Å². The van der Waals surface area contributed by atoms with E-state index >= 15 is 4.39 Å². The second-order valence-electron chi connectivity index (χ2n) is 8.48. The van der Waals surface area contributed by atoms with Crippen LogP contribution in [0.5, 0.6) is 0 Å². The van der Waals surface area contributed by atoms with E-state index in [-0.39, 0.29) is 23.0 Å². The average Bonchev–Trinajstić information content (AvgIpc) is 2.82. The Kier molecular flexibility index (Phi) is 7.31. The fourth-order valence-electron chi connectivity index (χ4n) is 4.16. The van der Waals surface area contributed by atoms with E-state index in [1.165, 1.54) is 24.3 Å². The number of rotatable bonds is 6. The Morgan fingerprint density at radius 1 is 1.23 bits per heavy atom. The van der Waals surface area contributed by atoms with Crippen molar-refractivity contribution >= 4 is 27.7 Å². The lowest BCUT2D eigenvalue weighted by molar-refractivity contribution is 0.0912. The second kappa shape index (κ2) is 10.8. The standard InChI is InChI=1S/C25H25BrF2N4O3/c26-16-7-15(8-17(27)10-16)22(12-33)32-25(35)19-6-3-14(9-20(19)28)23-24(29)30-11-21(31-23)13-1-4-18(34)5-2-13/h3,6-11,13,18,22,33-34H,1-2,4-5,12H2,(H2,29,30)(H,32,35)/t13-,18-,22-/m1/s1/i18D. The molecule has 2 aromatic carbocycles. The van der Waals surface area contributed by atoms with Crippen molar-refractivity contribution in [2.45, 2.75) is 43.7 Å². The van der Waals surface area contributed by atoms with Crippen molar-refractivity contribution in [3.63, 3.8) is 0 Å². The van der Waals surface area contributed by atoms with Gasteiger partial charge in [0.25, 0.3) is 5.91 Å². The van der Waals surface area contributed by atoms with E-state index in [1.54, 1.807) is 12.3 Å². The Hall–Kier alpha value is -2.95. The molecule has 0 aliphatic heterocycles. The van der Waals surface area contributed by atoms with Crippen molar-refractivity contribution in [2.75, 3.05) is 12.3 Å². The van der Waals surface area contributed by atoms with Gasteiger partial charge in [-0.25, -0.2) is 18.7 Å². The van der Waals surface area contributed by atoms with Gasteiger partial charge in [-0.1, -0.05) is 22.0 Å². The summed E-state index contributed by atoms with van der Waals surface area (Å²) >= 11 is 3.17. The Bertz CT molecular complexity index is 1260. The van der Waals surface area contributed by atoms with Gasteiger partial charge in [-0.2, -0.15) is 0 Å². The third-order valence-electron chi connectivity index (χ3n) is 6.06. The fraction of sp³-hybridized carbons (Fsp3) is 0.320. The number of aliphatic hydroxyl groups is 2. The third-order valence-corrected chi connectivity index (χ3v) is 6.52. The average molecular weight is 548 g/mol. The Balaban J connectivity index is 1.55. The summed E-state index contributed by atoms with van der Waals surface area (Å²) in [7, 11) is 0. The molecule has 1 aliphatic rings. The zero-order valence-corrected chi connectivity index (χ0v) is 20.2. The minimum absolute atomic E-state index is 0.00403. The van der Waals surface area contributed by atoms with Crippen molar-refractivity contribution in [2.24, 2.45) is 0 Å². The lowest BCUT2D eigenvalue weighted by Crippen LogP contribution is -2.31. The highest BCUT2D eigenvalue weighted by Crippen LogP contribution is 2.34. The summed E-state index contributed by atoms with van der Waals surface area (Å²) in [5.74, 6) is -2.06. The van der Waals surface area contributed by atoms with Crippen LogP contribution < -0.4 is 11.1 Å². The molecule has 184 valence electrons. The molecule has 10 heteroatoms. The zero-order chi connectivity index (χ0) is 26.0. The van der Waals surface area contributed by atoms with Gasteiger partial charge < -0.3 is 21.3 Å². The van der Waals surface area contributed by atoms with Crippen molar-refractivity contribution < 1.29 is 25.2 Å². The van der Waals surface area contributed by atoms with Gasteiger partial charge in [-0.05, 0) is 61.6 Å². The Morgan fingerprint density at radius 2 is 1.97 bits per heavy atom. The highest BCUT2D eigenvalue weighted by molar-refractivity contribution is 9.10. The van der Waals surface area contributed by atoms with Crippen LogP contribution in [0.1, 0.15) is 60.6 Å². The molecule has 1 amide bonds. The number of anilines is 1. The maximum Gasteiger partial charge on any atom is 0.254 e. The van der Waals surface area contributed by atoms with Crippen molar-refractivity contribution in [1.29, 1.82) is 0 Å². The Labute approximate surface area is 211 Å². The van der Waals surface area contributed by atoms with E-state index < -0.39 is 36.3 Å². The summed E-state index contributed by atoms with van der Waals surface area (Å²) in [6.45, 7) is -0.515. The normalized spacial score (nSPS) is 21.3. The molecule has 1 heterocycles. The first-order chi connectivity index (χ1) is 17.1. The number of carbonyl (C=O) groups excluding carboxylic acids is 1. The molecule has 1 fully saturated rings. The van der Waals surface area contributed by atoms with Gasteiger partial charge in [0.15, 0.2) is 0 Å². The van der Waals surface area contributed by atoms with E-state index in [0.717, 1.165) is 6.07 Å². The van der Waals surface area contributed by atoms with Gasteiger partial charge in [0, 0.05) is 16.0 Å². The number of amides is 1. The van der Waals surface area contributed by atoms with Crippen molar-refractivity contribution in [3.05, 3.63) is 75.5 Å². The van der Waals surface area contributed by atoms with E-state index in [4.69, 9.17) is 7.10 Å². The van der Waals surface area contributed by atoms with Crippen LogP contribution in [0.4, 0.5) is 14.6 Å². The molecule has 5 N–H and O–H groups in total. The number of nitrogens with zero attached hydrogens (tertiary/aromatic N) is 2. The number of nitrogens with one attached hydrogen (secondary N) is 1. The zero-order valence-electron chi connectivity index (χ0n) is 19.6. The number of aliphatic hydroxyl groups excluding tert-OH is 1. The molecule has 0 bridgehead atoms. The lowest BCUT2D eigenvalue weighted by Gasteiger charge is -2.25. The first-order valence-corrected chi connectivity index (χ1v) is 11.9. The molecular weight excluding hydrogens is 522 g/mol. The van der Waals surface area contributed by atoms with E-state index in [0.29, 0.717) is 47.0 Å². The van der Waals surface area contributed by atoms with Crippen LogP contribution >= 0.6 is 15.9 Å². The highest BCUT2D eigenvalue weighted by atomic mass is 79.9. The van der Waals surface area contributed by atoms with E-state index in [9.17, 15) is 19.4 Å². The molecule has 1 aromatic heterocycles. The molecular formula is C25H25BrF2N4O3. The van der Waals surface area contributed by atoms with Gasteiger partial charge in [0.05, 0.1) is 37.6 Å². The molecule has 0 radical (unpaired) electrons. The van der Waals surface area contributed by atoms with E-state index in [1.807, 2.05) is 0 Å². The first-order valence-electron chi connectivity index (χ1n) is 11.6. The van der Waals surface area contributed by atoms with Crippen LogP contribution in [-0.4, -0.2) is 38.8 Å². The third kappa shape index (κ3) is 5.83. The number of nitrogens with two attached hydrogens (primary N) is 1. The van der Waals surface area contributed by atoms with Crippen LogP contribution in [0, 0.1) is 11.6 Å². The minimum atomic E-state index is -1.43. The number of aromatic nitrogens is 2. The topological polar surface area (TPSA) is 121 Å². The van der Waals surface area contributed by atoms with Gasteiger partial charge in [0.2, 0.25) is 0 Å². The van der Waals surface area contributed by atoms with Crippen molar-refractivity contribution in [3.8, 4) is 11.3 Å². The van der Waals surface area contributed by atoms with Gasteiger partial charge in [-0.15, -0.1) is 0 Å². The molecule has 1 saturated carbocycles. The number of hydrogen-bond donors (Lipinski definition) is 4. The maximum atomic E-state index is 15.0. The van der Waals surface area contributed by atoms with Crippen LogP contribution in [0.3, 0.4) is 0 Å². The van der Waals surface area contributed by atoms with Gasteiger partial charge in [-0.3, -0.25) is 4.79 Å². The van der Waals surface area contributed by atoms with E-state index in [2.05, 4.69) is 31.2 Å². The smallest absolute Gasteiger partial charge is 0.254 e. The highest BCUT2D eigenvalue weighted by Gasteiger charge is 2.24. The summed E-state index contributed by atoms with van der Waals surface area (Å²) < 4.78 is 37.0. The summed E-state index contributed by atoms with van der Waals surface area (Å²) in [4.78, 5) is 21.5. The number of hydrogen-bond acceptors (Lipinski definition) is 6. The number of benzene rings is 2. The molecule has 4 rings (SSSR count). The largest absolute Gasteiger partial charge is 0.394 e. The van der Waals surface area contributed by atoms with Crippen LogP contribution in [0.2, 0.25) is 0 Å². The summed E-state index contributed by atoms with van der Waals surface area (Å²) in [5, 5.41) is 22.1. The summed E-state index contributed by atoms with van der Waals surface area (Å²) in [5.41, 5.74) is 7.30. The predicted molar refractivity (Wildman–Crippen MR) is 130 cm³/mol. The fourth-order valence-corrected chi connectivity index (χ4v) is 4.64. The molecule has 7 nitrogen and oxygen atoms in total. The predicted octanol–water partition coefficient (Wildman–Crippen LogP) is 4.25. The summed E-state index contributed by atoms with van der Waals surface area (Å²) in [6, 6.07) is 6.94. The maximum absolute atomic E-state index is 15.0. The molecule has 35 heavy (non-hydrogen) atoms. The SMILES string of the molecule is [2H][C@]1(O)CC[C@H](c2cnc(N)c(-c3ccc(C(=O)N[C@H](CO)c4cc(F)cc(Br)c4)c(F)c3)n2)CC1. The molecule has 0 saturated heterocycles. The number of nitrogen functional groups attached to an aromatic ring is 1. The minimum Gasteiger partial charge on any atom is -0.394 e. The number of halogens is 3. The molecule has 0 unspecified atom stereocenters. The van der Waals surface area contributed by atoms with Crippen molar-refractivity contribution in [1.82, 2.24) is 15.3 Å². The first kappa shape index (κ1) is 23.8. The van der Waals surface area contributed by atoms with Gasteiger partial charge >= 0.3 is 0 Å². The lowest BCUT2D eigenvalue weighted by atomic mass is 9.85. The molecule has 1 atom stereocenters. The van der Waals surface area contributed by atoms with Crippen LogP contribution in [0.25, 0.3) is 11.3 Å². The van der Waals surface area contributed by atoms with Crippen LogP contribution in [0.15, 0.2) is 47.1 Å². The second-order valence-corrected chi connectivity index (χ2v) is 9.39. The molecule has 1 aliphatic carbocycles. The Morgan fingerprint density at radius 3 is 2.63 bits per heavy atom. The summed E-state index contributed by atoms with van der Waals surface area (Å²) in [6.07, 6.45) is 1.90. The quantitative estimate of drug-likeness (QED) is 0.366.